The van der Waals surface area contributed by atoms with Gasteiger partial charge in [0.25, 0.3) is 0 Å². The van der Waals surface area contributed by atoms with E-state index in [0.29, 0.717) is 11.4 Å². The van der Waals surface area contributed by atoms with Crippen LogP contribution in [-0.2, 0) is 6.42 Å². The van der Waals surface area contributed by atoms with Crippen LogP contribution in [0.25, 0.3) is 0 Å². The number of aromatic nitrogens is 1. The average Bonchev–Trinajstić information content (AvgIpc) is 2.48. The Kier molecular flexibility index (Phi) is 5.53. The highest BCUT2D eigenvalue weighted by atomic mass is 35.5. The molecule has 1 atom stereocenters. The predicted molar refractivity (Wildman–Crippen MR) is 82.3 cm³/mol. The lowest BCUT2D eigenvalue weighted by Gasteiger charge is -2.19. The molecule has 0 bridgehead atoms. The topological polar surface area (TPSA) is 34.1 Å². The van der Waals surface area contributed by atoms with Crippen LogP contribution in [-0.4, -0.2) is 18.6 Å². The Labute approximate surface area is 129 Å². The quantitative estimate of drug-likeness (QED) is 0.882. The highest BCUT2D eigenvalue weighted by Crippen LogP contribution is 2.27. The molecule has 1 N–H and O–H groups in total. The maximum absolute atomic E-state index is 13.0. The summed E-state index contributed by atoms with van der Waals surface area (Å²) in [5.74, 6) is 0.443. The lowest BCUT2D eigenvalue weighted by molar-refractivity contribution is 0.405. The van der Waals surface area contributed by atoms with Crippen LogP contribution in [0.15, 0.2) is 36.5 Å². The van der Waals surface area contributed by atoms with E-state index in [-0.39, 0.29) is 11.9 Å². The van der Waals surface area contributed by atoms with Gasteiger partial charge in [-0.25, -0.2) is 4.39 Å². The normalized spacial score (nSPS) is 12.2. The number of likely N-dealkylation sites (N-methyl/N-ethyl adjacent to an activating group) is 1. The van der Waals surface area contributed by atoms with E-state index >= 15 is 0 Å². The molecule has 0 aliphatic carbocycles. The average molecular weight is 309 g/mol. The van der Waals surface area contributed by atoms with Crippen molar-refractivity contribution in [3.05, 3.63) is 58.6 Å². The summed E-state index contributed by atoms with van der Waals surface area (Å²) in [4.78, 5) is 4.16. The van der Waals surface area contributed by atoms with Gasteiger partial charge in [-0.15, -0.1) is 0 Å². The number of halogens is 2. The summed E-state index contributed by atoms with van der Waals surface area (Å²) in [6.07, 6.45) is 1.89. The third kappa shape index (κ3) is 4.16. The molecule has 1 aromatic carbocycles. The van der Waals surface area contributed by atoms with Crippen LogP contribution >= 0.6 is 11.6 Å². The number of pyridine rings is 1. The van der Waals surface area contributed by atoms with Gasteiger partial charge in [0, 0.05) is 5.02 Å². The van der Waals surface area contributed by atoms with E-state index in [1.807, 2.05) is 19.1 Å². The van der Waals surface area contributed by atoms with Crippen LogP contribution in [0.4, 0.5) is 4.39 Å². The van der Waals surface area contributed by atoms with Crippen molar-refractivity contribution < 1.29 is 9.13 Å². The molecule has 0 fully saturated rings. The molecule has 0 saturated carbocycles. The van der Waals surface area contributed by atoms with E-state index in [0.717, 1.165) is 23.6 Å². The van der Waals surface area contributed by atoms with E-state index < -0.39 is 0 Å². The molecule has 0 aliphatic rings. The van der Waals surface area contributed by atoms with Crippen molar-refractivity contribution in [2.45, 2.75) is 19.4 Å². The van der Waals surface area contributed by atoms with E-state index in [2.05, 4.69) is 10.3 Å². The third-order valence-electron chi connectivity index (χ3n) is 3.22. The maximum atomic E-state index is 13.0. The van der Waals surface area contributed by atoms with Crippen LogP contribution in [0.2, 0.25) is 5.02 Å². The molecule has 0 spiro atoms. The summed E-state index contributed by atoms with van der Waals surface area (Å²) >= 11 is 6.06. The number of ether oxygens (including phenoxy) is 1. The van der Waals surface area contributed by atoms with Gasteiger partial charge in [-0.05, 0) is 48.9 Å². The fraction of sp³-hybridized carbons (Fsp3) is 0.312. The number of benzene rings is 1. The molecule has 0 aliphatic heterocycles. The smallest absolute Gasteiger partial charge is 0.141 e. The molecule has 1 aromatic heterocycles. The lowest BCUT2D eigenvalue weighted by atomic mass is 10.0. The largest absolute Gasteiger partial charge is 0.496 e. The first-order valence-corrected chi connectivity index (χ1v) is 7.19. The van der Waals surface area contributed by atoms with Crippen molar-refractivity contribution in [2.24, 2.45) is 0 Å². The second-order valence-corrected chi connectivity index (χ2v) is 5.11. The van der Waals surface area contributed by atoms with Gasteiger partial charge >= 0.3 is 0 Å². The van der Waals surface area contributed by atoms with Crippen LogP contribution in [0.3, 0.4) is 0 Å². The SMILES string of the molecule is CCNC(Cc1cc(Cl)ccc1OC)c1ccc(F)cn1. The molecule has 1 unspecified atom stereocenters. The minimum absolute atomic E-state index is 0.0250. The third-order valence-corrected chi connectivity index (χ3v) is 3.46. The highest BCUT2D eigenvalue weighted by Gasteiger charge is 2.15. The Morgan fingerprint density at radius 3 is 2.76 bits per heavy atom. The van der Waals surface area contributed by atoms with Gasteiger partial charge in [-0.3, -0.25) is 4.98 Å². The Morgan fingerprint density at radius 1 is 1.33 bits per heavy atom. The summed E-state index contributed by atoms with van der Waals surface area (Å²) in [7, 11) is 1.63. The van der Waals surface area contributed by atoms with Gasteiger partial charge in [-0.2, -0.15) is 0 Å². The van der Waals surface area contributed by atoms with Crippen LogP contribution < -0.4 is 10.1 Å². The van der Waals surface area contributed by atoms with Crippen molar-refractivity contribution >= 4 is 11.6 Å². The minimum atomic E-state index is -0.339. The van der Waals surface area contributed by atoms with Gasteiger partial charge in [0.15, 0.2) is 0 Å². The zero-order valence-electron chi connectivity index (χ0n) is 12.1. The van der Waals surface area contributed by atoms with Crippen molar-refractivity contribution in [1.29, 1.82) is 0 Å². The molecule has 112 valence electrons. The molecule has 0 amide bonds. The van der Waals surface area contributed by atoms with Crippen molar-refractivity contribution in [3.8, 4) is 5.75 Å². The summed E-state index contributed by atoms with van der Waals surface area (Å²) < 4.78 is 18.4. The number of methoxy groups -OCH3 is 1. The van der Waals surface area contributed by atoms with Gasteiger partial charge in [0.1, 0.15) is 11.6 Å². The van der Waals surface area contributed by atoms with E-state index in [9.17, 15) is 4.39 Å². The summed E-state index contributed by atoms with van der Waals surface area (Å²) in [6.45, 7) is 2.80. The molecule has 0 saturated heterocycles. The van der Waals surface area contributed by atoms with Gasteiger partial charge in [0.2, 0.25) is 0 Å². The van der Waals surface area contributed by atoms with Crippen molar-refractivity contribution in [1.82, 2.24) is 10.3 Å². The maximum Gasteiger partial charge on any atom is 0.141 e. The Morgan fingerprint density at radius 2 is 2.14 bits per heavy atom. The molecule has 3 nitrogen and oxygen atoms in total. The summed E-state index contributed by atoms with van der Waals surface area (Å²) in [5.41, 5.74) is 1.78. The summed E-state index contributed by atoms with van der Waals surface area (Å²) in [5, 5.41) is 4.01. The summed E-state index contributed by atoms with van der Waals surface area (Å²) in [6, 6.07) is 8.61. The van der Waals surface area contributed by atoms with Crippen LogP contribution in [0, 0.1) is 5.82 Å². The number of hydrogen-bond donors (Lipinski definition) is 1. The molecule has 2 aromatic rings. The fourth-order valence-electron chi connectivity index (χ4n) is 2.25. The molecule has 0 radical (unpaired) electrons. The fourth-order valence-corrected chi connectivity index (χ4v) is 2.44. The minimum Gasteiger partial charge on any atom is -0.496 e. The van der Waals surface area contributed by atoms with E-state index in [1.54, 1.807) is 19.2 Å². The molecular formula is C16H18ClFN2O. The molecule has 5 heteroatoms. The van der Waals surface area contributed by atoms with Gasteiger partial charge in [0.05, 0.1) is 25.0 Å². The first-order chi connectivity index (χ1) is 10.1. The first kappa shape index (κ1) is 15.7. The zero-order valence-corrected chi connectivity index (χ0v) is 12.8. The Bertz CT molecular complexity index is 589. The number of nitrogens with one attached hydrogen (secondary N) is 1. The van der Waals surface area contributed by atoms with E-state index in [4.69, 9.17) is 16.3 Å². The standard InChI is InChI=1S/C16H18ClFN2O/c1-3-19-15(14-6-5-13(18)10-20-14)9-11-8-12(17)4-7-16(11)21-2/h4-8,10,15,19H,3,9H2,1-2H3. The van der Waals surface area contributed by atoms with Gasteiger partial charge < -0.3 is 10.1 Å². The number of hydrogen-bond acceptors (Lipinski definition) is 3. The second kappa shape index (κ2) is 7.38. The number of nitrogens with zero attached hydrogens (tertiary/aromatic N) is 1. The molecular weight excluding hydrogens is 291 g/mol. The zero-order chi connectivity index (χ0) is 15.2. The lowest BCUT2D eigenvalue weighted by Crippen LogP contribution is -2.24. The Balaban J connectivity index is 2.27. The molecule has 2 rings (SSSR count). The number of rotatable bonds is 6. The first-order valence-electron chi connectivity index (χ1n) is 6.81. The Hall–Kier alpha value is -1.65. The molecule has 21 heavy (non-hydrogen) atoms. The second-order valence-electron chi connectivity index (χ2n) is 4.67. The molecule has 1 heterocycles. The van der Waals surface area contributed by atoms with Crippen LogP contribution in [0.1, 0.15) is 24.2 Å². The van der Waals surface area contributed by atoms with E-state index in [1.165, 1.54) is 12.3 Å². The monoisotopic (exact) mass is 308 g/mol. The van der Waals surface area contributed by atoms with Gasteiger partial charge in [-0.1, -0.05) is 18.5 Å². The van der Waals surface area contributed by atoms with Crippen LogP contribution in [0.5, 0.6) is 5.75 Å². The van der Waals surface area contributed by atoms with Crippen molar-refractivity contribution in [3.63, 3.8) is 0 Å². The highest BCUT2D eigenvalue weighted by molar-refractivity contribution is 6.30. The predicted octanol–water partition coefficient (Wildman–Crippen LogP) is 3.78. The van der Waals surface area contributed by atoms with Crippen molar-refractivity contribution in [2.75, 3.05) is 13.7 Å².